The van der Waals surface area contributed by atoms with E-state index >= 15 is 0 Å². The van der Waals surface area contributed by atoms with Gasteiger partial charge >= 0.3 is 0 Å². The van der Waals surface area contributed by atoms with Crippen LogP contribution in [0.2, 0.25) is 0 Å². The predicted molar refractivity (Wildman–Crippen MR) is 61.9 cm³/mol. The maximum atomic E-state index is 4.24. The molecule has 0 aliphatic heterocycles. The van der Waals surface area contributed by atoms with E-state index in [2.05, 4.69) is 39.3 Å². The fourth-order valence-electron chi connectivity index (χ4n) is 1.02. The van der Waals surface area contributed by atoms with Crippen LogP contribution in [0, 0.1) is 0 Å². The summed E-state index contributed by atoms with van der Waals surface area (Å²) in [7, 11) is 0. The van der Waals surface area contributed by atoms with E-state index in [0.717, 1.165) is 25.2 Å². The third kappa shape index (κ3) is 4.39. The van der Waals surface area contributed by atoms with Crippen molar-refractivity contribution in [1.82, 2.24) is 15.2 Å². The molecule has 82 valence electrons. The molecule has 1 heterocycles. The molecule has 0 aliphatic rings. The lowest BCUT2D eigenvalue weighted by Crippen LogP contribution is -2.08. The molecule has 0 radical (unpaired) electrons. The van der Waals surface area contributed by atoms with E-state index in [1.54, 1.807) is 12.3 Å². The van der Waals surface area contributed by atoms with Crippen LogP contribution in [0.1, 0.15) is 19.8 Å². The molecule has 1 rings (SSSR count). The second kappa shape index (κ2) is 6.75. The third-order valence-corrected chi connectivity index (χ3v) is 1.80. The van der Waals surface area contributed by atoms with Crippen LogP contribution in [0.3, 0.4) is 0 Å². The fourth-order valence-corrected chi connectivity index (χ4v) is 1.02. The molecule has 2 N–H and O–H groups in total. The number of aromatic nitrogens is 3. The van der Waals surface area contributed by atoms with Crippen molar-refractivity contribution >= 4 is 11.8 Å². The summed E-state index contributed by atoms with van der Waals surface area (Å²) in [6, 6.07) is 0. The molecule has 0 saturated carbocycles. The van der Waals surface area contributed by atoms with E-state index in [0.29, 0.717) is 12.5 Å². The number of nitrogens with zero attached hydrogens (tertiary/aromatic N) is 3. The number of anilines is 2. The van der Waals surface area contributed by atoms with Gasteiger partial charge in [0.15, 0.2) is 0 Å². The number of rotatable bonds is 7. The van der Waals surface area contributed by atoms with E-state index < -0.39 is 0 Å². The monoisotopic (exact) mass is 207 g/mol. The van der Waals surface area contributed by atoms with Crippen molar-refractivity contribution in [3.63, 3.8) is 0 Å². The summed E-state index contributed by atoms with van der Waals surface area (Å²) in [5.41, 5.74) is 0. The zero-order valence-corrected chi connectivity index (χ0v) is 9.03. The highest BCUT2D eigenvalue weighted by atomic mass is 15.3. The smallest absolute Gasteiger partial charge is 0.244 e. The van der Waals surface area contributed by atoms with Gasteiger partial charge in [-0.2, -0.15) is 10.1 Å². The lowest BCUT2D eigenvalue weighted by atomic mass is 10.3. The number of unbranched alkanes of at least 4 members (excludes halogenated alkanes) is 1. The Bertz CT molecular complexity index is 300. The average molecular weight is 207 g/mol. The summed E-state index contributed by atoms with van der Waals surface area (Å²) in [5, 5.41) is 13.9. The van der Waals surface area contributed by atoms with Gasteiger partial charge in [0.1, 0.15) is 5.82 Å². The van der Waals surface area contributed by atoms with Crippen LogP contribution < -0.4 is 10.6 Å². The predicted octanol–water partition coefficient (Wildman–Crippen LogP) is 1.68. The second-order valence-corrected chi connectivity index (χ2v) is 3.12. The molecular weight excluding hydrogens is 190 g/mol. The van der Waals surface area contributed by atoms with Gasteiger partial charge in [0.05, 0.1) is 6.20 Å². The van der Waals surface area contributed by atoms with Gasteiger partial charge in [-0.05, 0) is 6.42 Å². The summed E-state index contributed by atoms with van der Waals surface area (Å²) in [6.45, 7) is 7.31. The highest BCUT2D eigenvalue weighted by Gasteiger charge is 1.97. The number of hydrogen-bond donors (Lipinski definition) is 2. The Hall–Kier alpha value is -1.65. The summed E-state index contributed by atoms with van der Waals surface area (Å²) in [4.78, 5) is 4.24. The summed E-state index contributed by atoms with van der Waals surface area (Å²) in [6.07, 6.45) is 5.65. The van der Waals surface area contributed by atoms with Crippen LogP contribution in [-0.2, 0) is 0 Å². The Morgan fingerprint density at radius 2 is 2.33 bits per heavy atom. The molecule has 15 heavy (non-hydrogen) atoms. The Kier molecular flexibility index (Phi) is 5.14. The SMILES string of the molecule is C=CCNc1nncc(NCCCC)n1. The maximum Gasteiger partial charge on any atom is 0.244 e. The summed E-state index contributed by atoms with van der Waals surface area (Å²) < 4.78 is 0. The van der Waals surface area contributed by atoms with Gasteiger partial charge < -0.3 is 10.6 Å². The summed E-state index contributed by atoms with van der Waals surface area (Å²) in [5.74, 6) is 1.28. The minimum absolute atomic E-state index is 0.524. The van der Waals surface area contributed by atoms with E-state index in [9.17, 15) is 0 Å². The fraction of sp³-hybridized carbons (Fsp3) is 0.500. The van der Waals surface area contributed by atoms with Gasteiger partial charge in [0.25, 0.3) is 0 Å². The molecule has 1 aromatic heterocycles. The van der Waals surface area contributed by atoms with Crippen molar-refractivity contribution in [2.24, 2.45) is 0 Å². The van der Waals surface area contributed by atoms with Crippen molar-refractivity contribution < 1.29 is 0 Å². The number of nitrogens with one attached hydrogen (secondary N) is 2. The van der Waals surface area contributed by atoms with Gasteiger partial charge in [0, 0.05) is 13.1 Å². The molecule has 0 aromatic carbocycles. The van der Waals surface area contributed by atoms with Crippen LogP contribution in [0.5, 0.6) is 0 Å². The molecule has 0 fully saturated rings. The molecule has 0 bridgehead atoms. The van der Waals surface area contributed by atoms with Crippen molar-refractivity contribution in [3.05, 3.63) is 18.9 Å². The molecule has 0 unspecified atom stereocenters. The molecule has 1 aromatic rings. The highest BCUT2D eigenvalue weighted by molar-refractivity contribution is 5.36. The Morgan fingerprint density at radius 1 is 1.47 bits per heavy atom. The Morgan fingerprint density at radius 3 is 3.07 bits per heavy atom. The maximum absolute atomic E-state index is 4.24. The van der Waals surface area contributed by atoms with Crippen LogP contribution in [-0.4, -0.2) is 28.3 Å². The minimum atomic E-state index is 0.524. The molecular formula is C10H17N5. The zero-order valence-electron chi connectivity index (χ0n) is 9.03. The van der Waals surface area contributed by atoms with E-state index in [1.807, 2.05) is 0 Å². The standard InChI is InChI=1S/C10H17N5/c1-3-5-7-11-9-8-13-15-10(14-9)12-6-4-2/h4,8H,2-3,5-7H2,1H3,(H2,11,12,14,15). The zero-order chi connectivity index (χ0) is 10.9. The van der Waals surface area contributed by atoms with Crippen LogP contribution in [0.15, 0.2) is 18.9 Å². The molecule has 0 atom stereocenters. The van der Waals surface area contributed by atoms with E-state index in [-0.39, 0.29) is 0 Å². The lowest BCUT2D eigenvalue weighted by molar-refractivity contribution is 0.827. The van der Waals surface area contributed by atoms with Crippen LogP contribution in [0.4, 0.5) is 11.8 Å². The van der Waals surface area contributed by atoms with Crippen molar-refractivity contribution in [2.75, 3.05) is 23.7 Å². The molecule has 0 amide bonds. The van der Waals surface area contributed by atoms with Gasteiger partial charge in [-0.3, -0.25) is 0 Å². The van der Waals surface area contributed by atoms with Crippen molar-refractivity contribution in [2.45, 2.75) is 19.8 Å². The van der Waals surface area contributed by atoms with E-state index in [1.165, 1.54) is 0 Å². The van der Waals surface area contributed by atoms with Gasteiger partial charge in [-0.15, -0.1) is 11.7 Å². The first-order chi connectivity index (χ1) is 7.36. The lowest BCUT2D eigenvalue weighted by Gasteiger charge is -2.05. The Labute approximate surface area is 90.0 Å². The first-order valence-electron chi connectivity index (χ1n) is 5.15. The van der Waals surface area contributed by atoms with Gasteiger partial charge in [0.2, 0.25) is 5.95 Å². The molecule has 0 spiro atoms. The minimum Gasteiger partial charge on any atom is -0.369 e. The van der Waals surface area contributed by atoms with E-state index in [4.69, 9.17) is 0 Å². The molecule has 0 saturated heterocycles. The second-order valence-electron chi connectivity index (χ2n) is 3.12. The first-order valence-corrected chi connectivity index (χ1v) is 5.15. The van der Waals surface area contributed by atoms with Gasteiger partial charge in [-0.1, -0.05) is 19.4 Å². The highest BCUT2D eigenvalue weighted by Crippen LogP contribution is 2.03. The van der Waals surface area contributed by atoms with Crippen molar-refractivity contribution in [1.29, 1.82) is 0 Å². The van der Waals surface area contributed by atoms with Crippen LogP contribution in [0.25, 0.3) is 0 Å². The topological polar surface area (TPSA) is 62.7 Å². The molecule has 5 heteroatoms. The molecule has 0 aliphatic carbocycles. The van der Waals surface area contributed by atoms with Gasteiger partial charge in [-0.25, -0.2) is 0 Å². The quantitative estimate of drug-likeness (QED) is 0.526. The molecule has 5 nitrogen and oxygen atoms in total. The van der Waals surface area contributed by atoms with Crippen molar-refractivity contribution in [3.8, 4) is 0 Å². The first kappa shape index (κ1) is 11.4. The summed E-state index contributed by atoms with van der Waals surface area (Å²) >= 11 is 0. The number of hydrogen-bond acceptors (Lipinski definition) is 5. The normalized spacial score (nSPS) is 9.67. The average Bonchev–Trinajstić information content (AvgIpc) is 2.27. The Balaban J connectivity index is 2.46. The largest absolute Gasteiger partial charge is 0.369 e. The third-order valence-electron chi connectivity index (χ3n) is 1.80. The van der Waals surface area contributed by atoms with Crippen LogP contribution >= 0.6 is 0 Å².